The van der Waals surface area contributed by atoms with E-state index in [1.807, 2.05) is 0 Å². The summed E-state index contributed by atoms with van der Waals surface area (Å²) in [7, 11) is 0. The van der Waals surface area contributed by atoms with Crippen molar-refractivity contribution < 1.29 is 27.4 Å². The standard InChI is InChI=1S/C54H24N12/c1-13-34-28-7-8-29-36-15-3-24-20-25-5-17-38-32-11-12-33-39-18-6-27-21-26-4-16-37-31-10-9-30-35-14-2-23-19-22(1)55(34)52(56(23)35)61-40(28)41(29)63-48-46(61)47-49-51-50(48)65(53(63,57(24)36)58(25)38)44(32)45(33)66(51)54(59(26)37,60(27)39)64(49)43(31)42(30)62(47)52/h1-18H,19-21H2/q+6. The van der Waals surface area contributed by atoms with Crippen LogP contribution in [0.3, 0.4) is 0 Å². The molecule has 0 saturated heterocycles. The molecular weight excluding hydrogens is 817 g/mol. The van der Waals surface area contributed by atoms with Gasteiger partial charge in [-0.3, -0.25) is 0 Å². The van der Waals surface area contributed by atoms with E-state index in [0.29, 0.717) is 0 Å². The third-order valence-electron chi connectivity index (χ3n) is 19.6. The molecule has 0 N–H and O–H groups in total. The summed E-state index contributed by atoms with van der Waals surface area (Å²) in [5.74, 6) is -2.31. The third-order valence-corrected chi connectivity index (χ3v) is 19.6. The second-order valence-electron chi connectivity index (χ2n) is 21.3. The van der Waals surface area contributed by atoms with Gasteiger partial charge in [-0.25, -0.2) is 27.4 Å². The van der Waals surface area contributed by atoms with E-state index in [-0.39, 0.29) is 0 Å². The number of rotatable bonds is 0. The Hall–Kier alpha value is -8.64. The van der Waals surface area contributed by atoms with Crippen LogP contribution in [0.1, 0.15) is 34.2 Å². The monoisotopic (exact) mass is 840 g/mol. The highest BCUT2D eigenvalue weighted by Crippen LogP contribution is 2.59. The van der Waals surface area contributed by atoms with Crippen molar-refractivity contribution in [2.75, 3.05) is 0 Å². The fourth-order valence-electron chi connectivity index (χ4n) is 18.2. The van der Waals surface area contributed by atoms with E-state index in [0.717, 1.165) is 19.3 Å². The Labute approximate surface area is 367 Å². The number of benzene rings is 4. The molecule has 294 valence electrons. The molecule has 0 atom stereocenters. The summed E-state index contributed by atoms with van der Waals surface area (Å²) < 4.78 is 34.0. The minimum atomic E-state index is -0.769. The summed E-state index contributed by atoms with van der Waals surface area (Å²) in [5.41, 5.74) is 39.8. The zero-order valence-electron chi connectivity index (χ0n) is 34.4. The van der Waals surface area contributed by atoms with Crippen LogP contribution < -0.4 is 27.4 Å². The highest BCUT2D eigenvalue weighted by atomic mass is 15.7. The zero-order valence-corrected chi connectivity index (χ0v) is 34.4. The Balaban J connectivity index is 1.14. The van der Waals surface area contributed by atoms with Gasteiger partial charge < -0.3 is 0 Å². The van der Waals surface area contributed by atoms with Gasteiger partial charge in [0.1, 0.15) is 0 Å². The fourth-order valence-corrected chi connectivity index (χ4v) is 18.2. The van der Waals surface area contributed by atoms with Gasteiger partial charge in [0.25, 0.3) is 33.1 Å². The molecule has 21 heterocycles. The van der Waals surface area contributed by atoms with Crippen LogP contribution in [0.25, 0.3) is 134 Å². The summed E-state index contributed by atoms with van der Waals surface area (Å²) in [5, 5.41) is 0. The highest BCUT2D eigenvalue weighted by Gasteiger charge is 2.85. The number of hydrogen-bond acceptors (Lipinski definition) is 0. The van der Waals surface area contributed by atoms with Crippen molar-refractivity contribution in [3.05, 3.63) is 143 Å². The van der Waals surface area contributed by atoms with Gasteiger partial charge >= 0.3 is 50.8 Å². The topological polar surface area (TPSA) is 52.9 Å². The minimum absolute atomic E-state index is 0.769. The van der Waals surface area contributed by atoms with Crippen LogP contribution >= 0.6 is 0 Å². The lowest BCUT2D eigenvalue weighted by Gasteiger charge is -2.38. The summed E-state index contributed by atoms with van der Waals surface area (Å²) in [6.45, 7) is 0. The minimum Gasteiger partial charge on any atom is -0.202 e. The molecule has 3 spiro atoms. The predicted octanol–water partition coefficient (Wildman–Crippen LogP) is 4.31. The van der Waals surface area contributed by atoms with Gasteiger partial charge in [0.15, 0.2) is 0 Å². The van der Waals surface area contributed by atoms with E-state index in [1.54, 1.807) is 0 Å². The second-order valence-corrected chi connectivity index (χ2v) is 21.3. The summed E-state index contributed by atoms with van der Waals surface area (Å²) >= 11 is 0. The molecule has 66 heavy (non-hydrogen) atoms. The molecule has 0 aliphatic carbocycles. The van der Waals surface area contributed by atoms with Crippen molar-refractivity contribution in [1.82, 2.24) is 27.4 Å². The van der Waals surface area contributed by atoms with Gasteiger partial charge in [0.2, 0.25) is 0 Å². The number of hydrogen-bond donors (Lipinski definition) is 0. The Kier molecular flexibility index (Phi) is 2.95. The highest BCUT2D eigenvalue weighted by molar-refractivity contribution is 6.17. The Bertz CT molecular complexity index is 4360. The first kappa shape index (κ1) is 27.5. The SMILES string of the molecule is c1cc2c3c4c1-c1ccc5n1C16n7c(ccc7-c7ccc8c9c7[n+]1c1c(c7c%10c%11c1[n+]9C19n%12c(ccc%12-8)Cc8ccc(n81)-c1ccc8c(c1[n+]%119)[n+]%10C1(n9c(ccc9-2)Cc2ccc-8n21)[n+]37)[n+]46)C5. The van der Waals surface area contributed by atoms with Crippen molar-refractivity contribution in [1.29, 1.82) is 0 Å². The molecule has 4 aromatic carbocycles. The van der Waals surface area contributed by atoms with Crippen LogP contribution in [0, 0.1) is 0 Å². The number of aromatic nitrogens is 12. The molecule has 0 radical (unpaired) electrons. The molecule has 12 nitrogen and oxygen atoms in total. The molecule has 25 rings (SSSR count). The van der Waals surface area contributed by atoms with Gasteiger partial charge in [-0.1, -0.05) is 27.4 Å². The number of nitrogens with zero attached hydrogens (tertiary/aromatic N) is 12. The maximum absolute atomic E-state index is 2.89. The third kappa shape index (κ3) is 1.81. The Morgan fingerprint density at radius 2 is 0.409 bits per heavy atom. The van der Waals surface area contributed by atoms with Crippen LogP contribution in [0.15, 0.2) is 109 Å². The second kappa shape index (κ2) is 7.06. The molecular formula is C54H24N12+6. The lowest BCUT2D eigenvalue weighted by molar-refractivity contribution is -0.969. The normalized spacial score (nSPS) is 23.5. The maximum atomic E-state index is 2.89. The van der Waals surface area contributed by atoms with Crippen LogP contribution in [0.4, 0.5) is 0 Å². The van der Waals surface area contributed by atoms with E-state index in [1.165, 1.54) is 168 Å². The molecule has 0 saturated carbocycles. The van der Waals surface area contributed by atoms with Crippen molar-refractivity contribution in [2.45, 2.75) is 37.0 Å². The molecule has 12 aliphatic rings. The van der Waals surface area contributed by atoms with Crippen molar-refractivity contribution in [3.8, 4) is 67.5 Å². The van der Waals surface area contributed by atoms with E-state index in [9.17, 15) is 0 Å². The molecule has 0 fully saturated rings. The van der Waals surface area contributed by atoms with Crippen molar-refractivity contribution >= 4 is 66.2 Å². The quantitative estimate of drug-likeness (QED) is 0.124. The first-order chi connectivity index (χ1) is 32.8. The molecule has 9 aromatic heterocycles. The first-order valence-corrected chi connectivity index (χ1v) is 23.6. The van der Waals surface area contributed by atoms with Crippen molar-refractivity contribution in [3.63, 3.8) is 0 Å². The summed E-state index contributed by atoms with van der Waals surface area (Å²) in [6.07, 6.45) is 2.65. The predicted molar refractivity (Wildman–Crippen MR) is 234 cm³/mol. The van der Waals surface area contributed by atoms with Crippen LogP contribution in [0.2, 0.25) is 0 Å². The fraction of sp³-hybridized carbons (Fsp3) is 0.111. The van der Waals surface area contributed by atoms with Gasteiger partial charge in [0, 0.05) is 53.4 Å². The van der Waals surface area contributed by atoms with Crippen molar-refractivity contribution in [2.24, 2.45) is 0 Å². The van der Waals surface area contributed by atoms with Gasteiger partial charge in [-0.05, 0) is 109 Å². The molecule has 0 amide bonds. The first-order valence-electron chi connectivity index (χ1n) is 23.6. The molecule has 0 unspecified atom stereocenters. The van der Waals surface area contributed by atoms with E-state index < -0.39 is 17.7 Å². The Morgan fingerprint density at radius 3 is 0.591 bits per heavy atom. The lowest BCUT2D eigenvalue weighted by atomic mass is 9.96. The largest absolute Gasteiger partial charge is 0.554 e. The zero-order chi connectivity index (χ0) is 40.6. The molecule has 0 bridgehead atoms. The van der Waals surface area contributed by atoms with Crippen LogP contribution in [-0.4, -0.2) is 27.4 Å². The average Bonchev–Trinajstić information content (AvgIpc) is 4.20. The van der Waals surface area contributed by atoms with Gasteiger partial charge in [0.05, 0.1) is 67.5 Å². The van der Waals surface area contributed by atoms with Crippen LogP contribution in [0.5, 0.6) is 0 Å². The molecule has 12 heteroatoms. The van der Waals surface area contributed by atoms with Gasteiger partial charge in [-0.2, -0.15) is 0 Å². The molecule has 12 aliphatic heterocycles. The van der Waals surface area contributed by atoms with E-state index in [4.69, 9.17) is 0 Å². The van der Waals surface area contributed by atoms with E-state index in [2.05, 4.69) is 164 Å². The summed E-state index contributed by atoms with van der Waals surface area (Å²) in [6, 6.07) is 44.2. The lowest BCUT2D eigenvalue weighted by Crippen LogP contribution is -2.83. The van der Waals surface area contributed by atoms with E-state index >= 15 is 0 Å². The number of fused-ring (bicyclic) bond motifs is 6. The molecule has 13 aromatic rings. The van der Waals surface area contributed by atoms with Crippen LogP contribution in [-0.2, 0) is 37.0 Å². The average molecular weight is 841 g/mol. The smallest absolute Gasteiger partial charge is 0.202 e. The van der Waals surface area contributed by atoms with Gasteiger partial charge in [-0.15, -0.1) is 0 Å². The summed E-state index contributed by atoms with van der Waals surface area (Å²) in [4.78, 5) is 0. The maximum Gasteiger partial charge on any atom is 0.554 e. The Morgan fingerprint density at radius 1 is 0.227 bits per heavy atom.